The average molecular weight is 280 g/mol. The number of imidazole rings is 1. The van der Waals surface area contributed by atoms with E-state index in [1.54, 1.807) is 6.26 Å². The first-order valence-corrected chi connectivity index (χ1v) is 7.95. The molecule has 1 N–H and O–H groups in total. The largest absolute Gasteiger partial charge is 0.337 e. The van der Waals surface area contributed by atoms with Crippen LogP contribution in [0.4, 0.5) is 0 Å². The minimum Gasteiger partial charge on any atom is -0.337 e. The van der Waals surface area contributed by atoms with Gasteiger partial charge in [-0.25, -0.2) is 0 Å². The van der Waals surface area contributed by atoms with E-state index in [0.29, 0.717) is 5.75 Å². The van der Waals surface area contributed by atoms with Gasteiger partial charge in [-0.15, -0.1) is 0 Å². The smallest absolute Gasteiger partial charge is 0.177 e. The number of H-pyrrole nitrogens is 1. The Bertz CT molecular complexity index is 587. The van der Waals surface area contributed by atoms with Gasteiger partial charge in [0.1, 0.15) is 0 Å². The van der Waals surface area contributed by atoms with Crippen LogP contribution in [0.5, 0.6) is 0 Å². The summed E-state index contributed by atoms with van der Waals surface area (Å²) in [7, 11) is -0.742. The fraction of sp³-hybridized carbons (Fsp3) is 0.308. The van der Waals surface area contributed by atoms with Crippen LogP contribution >= 0.6 is 12.2 Å². The summed E-state index contributed by atoms with van der Waals surface area (Å²) in [6.45, 7) is 0.798. The maximum absolute atomic E-state index is 11.1. The number of nitrogens with zero attached hydrogens (tertiary/aromatic N) is 1. The Hall–Kier alpha value is -1.20. The van der Waals surface area contributed by atoms with Gasteiger partial charge < -0.3 is 9.55 Å². The highest BCUT2D eigenvalue weighted by atomic mass is 32.2. The van der Waals surface area contributed by atoms with E-state index in [1.165, 1.54) is 0 Å². The van der Waals surface area contributed by atoms with Crippen molar-refractivity contribution in [3.63, 3.8) is 0 Å². The van der Waals surface area contributed by atoms with Gasteiger partial charge in [-0.3, -0.25) is 4.21 Å². The normalized spacial score (nSPS) is 12.5. The van der Waals surface area contributed by atoms with Crippen LogP contribution in [0, 0.1) is 4.77 Å². The maximum atomic E-state index is 11.1. The van der Waals surface area contributed by atoms with E-state index in [1.807, 2.05) is 24.4 Å². The van der Waals surface area contributed by atoms with Crippen LogP contribution in [0.15, 0.2) is 36.5 Å². The van der Waals surface area contributed by atoms with E-state index in [-0.39, 0.29) is 0 Å². The second-order valence-corrected chi connectivity index (χ2v) is 6.07. The zero-order valence-electron chi connectivity index (χ0n) is 10.3. The molecule has 2 rings (SSSR count). The quantitative estimate of drug-likeness (QED) is 0.855. The summed E-state index contributed by atoms with van der Waals surface area (Å²) in [4.78, 5) is 3.08. The standard InChI is InChI=1S/C13H16N2OS2/c1-18(16)9-5-8-15-12(10-14-13(15)17)11-6-3-2-4-7-11/h2-4,6-7,10H,5,8-9H2,1H3,(H,14,17). The zero-order valence-corrected chi connectivity index (χ0v) is 11.9. The van der Waals surface area contributed by atoms with Gasteiger partial charge in [0, 0.05) is 35.5 Å². The summed E-state index contributed by atoms with van der Waals surface area (Å²) < 4.78 is 13.9. The molecule has 0 saturated carbocycles. The molecule has 1 atom stereocenters. The van der Waals surface area contributed by atoms with Crippen molar-refractivity contribution < 1.29 is 4.21 Å². The second kappa shape index (κ2) is 6.11. The van der Waals surface area contributed by atoms with E-state index in [0.717, 1.165) is 29.0 Å². The highest BCUT2D eigenvalue weighted by Crippen LogP contribution is 2.19. The molecule has 2 aromatic rings. The molecule has 0 radical (unpaired) electrons. The maximum Gasteiger partial charge on any atom is 0.177 e. The molecule has 0 fully saturated rings. The van der Waals surface area contributed by atoms with Crippen molar-refractivity contribution in [3.8, 4) is 11.3 Å². The molecule has 1 aromatic heterocycles. The van der Waals surface area contributed by atoms with Crippen LogP contribution in [0.2, 0.25) is 0 Å². The zero-order chi connectivity index (χ0) is 13.0. The monoisotopic (exact) mass is 280 g/mol. The van der Waals surface area contributed by atoms with E-state index < -0.39 is 10.8 Å². The van der Waals surface area contributed by atoms with Gasteiger partial charge in [-0.05, 0) is 24.2 Å². The molecule has 0 aliphatic rings. The van der Waals surface area contributed by atoms with Crippen molar-refractivity contribution in [1.29, 1.82) is 0 Å². The molecule has 0 aliphatic heterocycles. The van der Waals surface area contributed by atoms with E-state index in [9.17, 15) is 4.21 Å². The van der Waals surface area contributed by atoms with Gasteiger partial charge in [-0.1, -0.05) is 30.3 Å². The van der Waals surface area contributed by atoms with Crippen LogP contribution in [0.3, 0.4) is 0 Å². The van der Waals surface area contributed by atoms with Crippen LogP contribution in [0.1, 0.15) is 6.42 Å². The van der Waals surface area contributed by atoms with Crippen molar-refractivity contribution in [3.05, 3.63) is 41.3 Å². The first-order valence-electron chi connectivity index (χ1n) is 5.82. The molecule has 0 bridgehead atoms. The van der Waals surface area contributed by atoms with Gasteiger partial charge in [0.15, 0.2) is 4.77 Å². The third-order valence-electron chi connectivity index (χ3n) is 2.75. The minimum atomic E-state index is -0.742. The highest BCUT2D eigenvalue weighted by molar-refractivity contribution is 7.84. The molecular weight excluding hydrogens is 264 g/mol. The highest BCUT2D eigenvalue weighted by Gasteiger charge is 2.06. The Morgan fingerprint density at radius 1 is 1.33 bits per heavy atom. The summed E-state index contributed by atoms with van der Waals surface area (Å²) in [6.07, 6.45) is 4.53. The van der Waals surface area contributed by atoms with Crippen molar-refractivity contribution in [2.45, 2.75) is 13.0 Å². The Labute approximate surface area is 114 Å². The molecule has 0 amide bonds. The van der Waals surface area contributed by atoms with Gasteiger partial charge in [0.05, 0.1) is 5.69 Å². The third kappa shape index (κ3) is 3.17. The molecule has 0 spiro atoms. The van der Waals surface area contributed by atoms with Gasteiger partial charge in [-0.2, -0.15) is 0 Å². The van der Waals surface area contributed by atoms with Crippen molar-refractivity contribution in [2.24, 2.45) is 0 Å². The van der Waals surface area contributed by atoms with Crippen LogP contribution in [-0.4, -0.2) is 25.8 Å². The molecule has 3 nitrogen and oxygen atoms in total. The van der Waals surface area contributed by atoms with Crippen LogP contribution in [-0.2, 0) is 17.3 Å². The fourth-order valence-corrected chi connectivity index (χ4v) is 2.68. The van der Waals surface area contributed by atoms with Crippen molar-refractivity contribution >= 4 is 23.0 Å². The Morgan fingerprint density at radius 2 is 2.06 bits per heavy atom. The number of hydrogen-bond donors (Lipinski definition) is 1. The number of benzene rings is 1. The molecule has 1 unspecified atom stereocenters. The molecule has 0 saturated heterocycles. The summed E-state index contributed by atoms with van der Waals surface area (Å²) in [5, 5.41) is 0. The number of rotatable bonds is 5. The molecule has 96 valence electrons. The lowest BCUT2D eigenvalue weighted by Gasteiger charge is -2.07. The molecule has 1 heterocycles. The van der Waals surface area contributed by atoms with E-state index >= 15 is 0 Å². The third-order valence-corrected chi connectivity index (χ3v) is 3.95. The Kier molecular flexibility index (Phi) is 4.49. The second-order valence-electron chi connectivity index (χ2n) is 4.13. The van der Waals surface area contributed by atoms with E-state index in [4.69, 9.17) is 12.2 Å². The topological polar surface area (TPSA) is 37.8 Å². The van der Waals surface area contributed by atoms with Gasteiger partial charge >= 0.3 is 0 Å². The minimum absolute atomic E-state index is 0.710. The molecule has 0 aliphatic carbocycles. The summed E-state index contributed by atoms with van der Waals surface area (Å²) in [6, 6.07) is 10.1. The van der Waals surface area contributed by atoms with Gasteiger partial charge in [0.25, 0.3) is 0 Å². The molecular formula is C13H16N2OS2. The lowest BCUT2D eigenvalue weighted by atomic mass is 10.2. The van der Waals surface area contributed by atoms with Crippen LogP contribution in [0.25, 0.3) is 11.3 Å². The SMILES string of the molecule is CS(=O)CCCn1c(-c2ccccc2)c[nH]c1=S. The number of aromatic amines is 1. The van der Waals surface area contributed by atoms with Crippen molar-refractivity contribution in [2.75, 3.05) is 12.0 Å². The lowest BCUT2D eigenvalue weighted by molar-refractivity contribution is 0.659. The van der Waals surface area contributed by atoms with Crippen LogP contribution < -0.4 is 0 Å². The summed E-state index contributed by atoms with van der Waals surface area (Å²) >= 11 is 5.28. The van der Waals surface area contributed by atoms with Gasteiger partial charge in [0.2, 0.25) is 0 Å². The number of nitrogens with one attached hydrogen (secondary N) is 1. The van der Waals surface area contributed by atoms with E-state index in [2.05, 4.69) is 21.7 Å². The Morgan fingerprint density at radius 3 is 2.72 bits per heavy atom. The molecule has 18 heavy (non-hydrogen) atoms. The first kappa shape index (κ1) is 13.2. The fourth-order valence-electron chi connectivity index (χ4n) is 1.89. The van der Waals surface area contributed by atoms with Crippen molar-refractivity contribution in [1.82, 2.24) is 9.55 Å². The predicted octanol–water partition coefficient (Wildman–Crippen LogP) is 2.98. The lowest BCUT2D eigenvalue weighted by Crippen LogP contribution is -2.04. The number of hydrogen-bond acceptors (Lipinski definition) is 2. The Balaban J connectivity index is 2.22. The molecule has 1 aromatic carbocycles. The first-order chi connectivity index (χ1) is 8.68. The number of aromatic nitrogens is 2. The summed E-state index contributed by atoms with van der Waals surface area (Å²) in [5.74, 6) is 0.710. The predicted molar refractivity (Wildman–Crippen MR) is 78.6 cm³/mol. The molecule has 5 heteroatoms. The average Bonchev–Trinajstić information content (AvgIpc) is 2.72. The summed E-state index contributed by atoms with van der Waals surface area (Å²) in [5.41, 5.74) is 2.23.